The molecule has 0 saturated carbocycles. The Morgan fingerprint density at radius 1 is 1.08 bits per heavy atom. The second-order valence-corrected chi connectivity index (χ2v) is 4.55. The third-order valence-corrected chi connectivity index (χ3v) is 2.89. The van der Waals surface area contributed by atoms with E-state index in [0.717, 1.165) is 16.7 Å². The number of nitrogens with zero attached hydrogens (tertiary/aromatic N) is 4. The van der Waals surface area contributed by atoms with Gasteiger partial charge in [0.1, 0.15) is 0 Å². The molecule has 2 heterocycles. The molecule has 0 spiro atoms. The first kappa shape index (κ1) is 19.5. The Kier molecular flexibility index (Phi) is 8.32. The van der Waals surface area contributed by atoms with E-state index in [1.165, 1.54) is 0 Å². The van der Waals surface area contributed by atoms with Gasteiger partial charge in [0.05, 0.1) is 19.9 Å². The van der Waals surface area contributed by atoms with Crippen LogP contribution in [0, 0.1) is 6.92 Å². The van der Waals surface area contributed by atoms with Gasteiger partial charge in [-0.1, -0.05) is 26.0 Å². The first-order chi connectivity index (χ1) is 11.7. The van der Waals surface area contributed by atoms with Crippen molar-refractivity contribution in [2.45, 2.75) is 34.0 Å². The van der Waals surface area contributed by atoms with Crippen LogP contribution in [0.5, 0.6) is 0 Å². The van der Waals surface area contributed by atoms with Crippen LogP contribution < -0.4 is 0 Å². The van der Waals surface area contributed by atoms with Gasteiger partial charge < -0.3 is 4.42 Å². The van der Waals surface area contributed by atoms with Gasteiger partial charge in [-0.3, -0.25) is 9.07 Å². The van der Waals surface area contributed by atoms with Crippen LogP contribution in [-0.2, 0) is 13.2 Å². The molecule has 3 rings (SSSR count). The monoisotopic (exact) mass is 336 g/mol. The van der Waals surface area contributed by atoms with E-state index in [1.807, 2.05) is 62.1 Å². The Bertz CT molecular complexity index is 707. The van der Waals surface area contributed by atoms with Gasteiger partial charge >= 0.3 is 0 Å². The van der Waals surface area contributed by atoms with Crippen molar-refractivity contribution in [3.05, 3.63) is 53.7 Å². The number of hydrogen-bond donors (Lipinski definition) is 0. The molecule has 0 saturated heterocycles. The first-order valence-electron chi connectivity index (χ1n) is 7.59. The minimum absolute atomic E-state index is 0.00362. The fraction of sp³-hybridized carbons (Fsp3) is 0.353. The van der Waals surface area contributed by atoms with Crippen molar-refractivity contribution < 1.29 is 13.2 Å². The van der Waals surface area contributed by atoms with Gasteiger partial charge in [0.2, 0.25) is 11.8 Å². The highest BCUT2D eigenvalue weighted by molar-refractivity contribution is 5.52. The summed E-state index contributed by atoms with van der Waals surface area (Å²) in [6.07, 6.45) is 3.81. The molecule has 24 heavy (non-hydrogen) atoms. The van der Waals surface area contributed by atoms with E-state index >= 15 is 0 Å². The summed E-state index contributed by atoms with van der Waals surface area (Å²) in [5.41, 5.74) is 3.02. The molecule has 130 valence electrons. The largest absolute Gasteiger partial charge is 0.418 e. The van der Waals surface area contributed by atoms with Crippen LogP contribution in [0.3, 0.4) is 0 Å². The normalized spacial score (nSPS) is 9.58. The van der Waals surface area contributed by atoms with E-state index < -0.39 is 6.67 Å². The summed E-state index contributed by atoms with van der Waals surface area (Å²) in [6, 6.07) is 7.68. The van der Waals surface area contributed by atoms with Gasteiger partial charge in [0.15, 0.2) is 6.67 Å². The molecule has 0 radical (unpaired) electrons. The molecule has 7 heteroatoms. The molecule has 0 N–H and O–H groups in total. The summed E-state index contributed by atoms with van der Waals surface area (Å²) in [6.45, 7) is 5.96. The lowest BCUT2D eigenvalue weighted by Gasteiger charge is -2.02. The van der Waals surface area contributed by atoms with Crippen LogP contribution in [0.2, 0.25) is 0 Å². The number of alkyl halides is 2. The Morgan fingerprint density at radius 3 is 2.25 bits per heavy atom. The van der Waals surface area contributed by atoms with E-state index in [1.54, 1.807) is 0 Å². The van der Waals surface area contributed by atoms with Gasteiger partial charge in [-0.25, -0.2) is 4.39 Å². The summed E-state index contributed by atoms with van der Waals surface area (Å²) in [4.78, 5) is 0. The summed E-state index contributed by atoms with van der Waals surface area (Å²) in [5, 5.41) is 11.6. The molecule has 0 atom stereocenters. The van der Waals surface area contributed by atoms with E-state index in [-0.39, 0.29) is 5.89 Å². The van der Waals surface area contributed by atoms with E-state index in [2.05, 4.69) is 15.3 Å². The highest BCUT2D eigenvalue weighted by atomic mass is 19.1. The summed E-state index contributed by atoms with van der Waals surface area (Å²) >= 11 is 0. The predicted octanol–water partition coefficient (Wildman–Crippen LogP) is 4.37. The van der Waals surface area contributed by atoms with Crippen LogP contribution in [0.25, 0.3) is 11.5 Å². The van der Waals surface area contributed by atoms with Gasteiger partial charge in [-0.15, -0.1) is 10.2 Å². The number of benzene rings is 1. The zero-order valence-electron chi connectivity index (χ0n) is 14.3. The average molecular weight is 336 g/mol. The fourth-order valence-corrected chi connectivity index (χ4v) is 1.92. The summed E-state index contributed by atoms with van der Waals surface area (Å²) < 4.78 is 28.9. The van der Waals surface area contributed by atoms with Crippen LogP contribution in [0.15, 0.2) is 41.1 Å². The summed E-state index contributed by atoms with van der Waals surface area (Å²) in [7, 11) is 0.500. The molecule has 0 aliphatic carbocycles. The Hall–Kier alpha value is -2.57. The topological polar surface area (TPSA) is 56.7 Å². The molecular weight excluding hydrogens is 314 g/mol. The number of aryl methyl sites for hydroxylation is 1. The maximum Gasteiger partial charge on any atom is 0.247 e. The maximum atomic E-state index is 12.4. The minimum Gasteiger partial charge on any atom is -0.418 e. The van der Waals surface area contributed by atoms with Crippen LogP contribution in [-0.4, -0.2) is 27.2 Å². The molecule has 3 aromatic rings. The second kappa shape index (κ2) is 10.3. The van der Waals surface area contributed by atoms with Gasteiger partial charge in [-0.05, 0) is 30.2 Å². The predicted molar refractivity (Wildman–Crippen MR) is 89.0 cm³/mol. The molecule has 0 bridgehead atoms. The lowest BCUT2D eigenvalue weighted by atomic mass is 10.1. The van der Waals surface area contributed by atoms with Crippen molar-refractivity contribution in [1.82, 2.24) is 20.0 Å². The Balaban J connectivity index is 0.000000671. The molecule has 0 fully saturated rings. The van der Waals surface area contributed by atoms with Crippen LogP contribution >= 0.6 is 0 Å². The highest BCUT2D eigenvalue weighted by Gasteiger charge is 2.08. The van der Waals surface area contributed by atoms with Crippen molar-refractivity contribution in [1.29, 1.82) is 0 Å². The lowest BCUT2D eigenvalue weighted by Crippen LogP contribution is -1.99. The minimum atomic E-state index is -0.746. The van der Waals surface area contributed by atoms with Gasteiger partial charge in [0, 0.05) is 11.8 Å². The van der Waals surface area contributed by atoms with Gasteiger partial charge in [-0.2, -0.15) is 5.10 Å². The van der Waals surface area contributed by atoms with Crippen molar-refractivity contribution in [2.75, 3.05) is 7.18 Å². The van der Waals surface area contributed by atoms with Crippen LogP contribution in [0.1, 0.15) is 30.9 Å². The van der Waals surface area contributed by atoms with Crippen molar-refractivity contribution in [3.8, 4) is 11.5 Å². The molecule has 2 aromatic heterocycles. The smallest absolute Gasteiger partial charge is 0.247 e. The number of rotatable bonds is 4. The zero-order chi connectivity index (χ0) is 17.9. The van der Waals surface area contributed by atoms with E-state index in [4.69, 9.17) is 4.42 Å². The van der Waals surface area contributed by atoms with Crippen molar-refractivity contribution in [2.24, 2.45) is 0 Å². The number of aromatic nitrogens is 4. The molecule has 1 aromatic carbocycles. The number of hydrogen-bond acceptors (Lipinski definition) is 4. The Labute approximate surface area is 140 Å². The second-order valence-electron chi connectivity index (χ2n) is 4.55. The molecule has 5 nitrogen and oxygen atoms in total. The molecule has 0 aliphatic heterocycles. The SMILES string of the molecule is CC.CF.Cc1cnn(Cc2ccc(-c3nnc(CF)o3)cc2)c1. The van der Waals surface area contributed by atoms with Crippen LogP contribution in [0.4, 0.5) is 8.78 Å². The van der Waals surface area contributed by atoms with E-state index in [9.17, 15) is 8.78 Å². The molecule has 0 aliphatic rings. The standard InChI is InChI=1S/C14H13FN4O.C2H6.CH3F/c1-10-7-16-19(8-10)9-11-2-4-12(5-3-11)14-18-17-13(6-15)20-14;2*1-2/h2-5,7-8H,6,9H2,1H3;1-2H3;1H3. The summed E-state index contributed by atoms with van der Waals surface area (Å²) in [5.74, 6) is 0.329. The average Bonchev–Trinajstić information content (AvgIpc) is 3.28. The van der Waals surface area contributed by atoms with Gasteiger partial charge in [0.25, 0.3) is 0 Å². The third-order valence-electron chi connectivity index (χ3n) is 2.89. The quantitative estimate of drug-likeness (QED) is 0.710. The zero-order valence-corrected chi connectivity index (χ0v) is 14.3. The highest BCUT2D eigenvalue weighted by Crippen LogP contribution is 2.19. The number of halogens is 2. The molecule has 0 unspecified atom stereocenters. The van der Waals surface area contributed by atoms with Crippen molar-refractivity contribution >= 4 is 0 Å². The third kappa shape index (κ3) is 5.26. The fourth-order valence-electron chi connectivity index (χ4n) is 1.92. The Morgan fingerprint density at radius 2 is 1.75 bits per heavy atom. The molecular formula is C17H22F2N4O. The van der Waals surface area contributed by atoms with E-state index in [0.29, 0.717) is 19.6 Å². The maximum absolute atomic E-state index is 12.4. The molecule has 0 amide bonds. The first-order valence-corrected chi connectivity index (χ1v) is 7.59. The lowest BCUT2D eigenvalue weighted by molar-refractivity contribution is 0.385. The van der Waals surface area contributed by atoms with Crippen molar-refractivity contribution in [3.63, 3.8) is 0 Å².